The van der Waals surface area contributed by atoms with Gasteiger partial charge in [0.2, 0.25) is 5.91 Å². The van der Waals surface area contributed by atoms with Crippen LogP contribution in [-0.2, 0) is 4.79 Å². The van der Waals surface area contributed by atoms with Crippen LogP contribution in [-0.4, -0.2) is 18.3 Å². The predicted molar refractivity (Wildman–Crippen MR) is 93.9 cm³/mol. The van der Waals surface area contributed by atoms with Gasteiger partial charge in [0, 0.05) is 10.6 Å². The Morgan fingerprint density at radius 3 is 2.88 bits per heavy atom. The zero-order valence-electron chi connectivity index (χ0n) is 13.5. The van der Waals surface area contributed by atoms with Crippen LogP contribution in [0.3, 0.4) is 0 Å². The first-order chi connectivity index (χ1) is 11.6. The number of amides is 1. The summed E-state index contributed by atoms with van der Waals surface area (Å²) in [5.74, 6) is 1.34. The van der Waals surface area contributed by atoms with Gasteiger partial charge in [0.05, 0.1) is 19.1 Å². The summed E-state index contributed by atoms with van der Waals surface area (Å²) in [6.07, 6.45) is 1.09. The average Bonchev–Trinajstić information content (AvgIpc) is 2.57. The second-order valence-corrected chi connectivity index (χ2v) is 6.99. The van der Waals surface area contributed by atoms with Crippen LogP contribution < -0.4 is 10.1 Å². The molecule has 0 aromatic heterocycles. The smallest absolute Gasteiger partial charge is 0.223 e. The lowest BCUT2D eigenvalue weighted by Crippen LogP contribution is -2.31. The molecular weight excluding hydrogens is 325 g/mol. The van der Waals surface area contributed by atoms with E-state index in [1.165, 1.54) is 17.7 Å². The Morgan fingerprint density at radius 1 is 1.29 bits per heavy atom. The number of fused-ring (bicyclic) bond motifs is 1. The highest BCUT2D eigenvalue weighted by molar-refractivity contribution is 7.99. The fraction of sp³-hybridized carbons (Fsp3) is 0.316. The lowest BCUT2D eigenvalue weighted by molar-refractivity contribution is -0.122. The number of hydrogen-bond acceptors (Lipinski definition) is 3. The van der Waals surface area contributed by atoms with Crippen LogP contribution in [0, 0.1) is 12.7 Å². The van der Waals surface area contributed by atoms with Crippen LogP contribution in [0.15, 0.2) is 47.4 Å². The van der Waals surface area contributed by atoms with Gasteiger partial charge >= 0.3 is 0 Å². The van der Waals surface area contributed by atoms with Crippen LogP contribution >= 0.6 is 11.8 Å². The first-order valence-corrected chi connectivity index (χ1v) is 9.01. The minimum Gasteiger partial charge on any atom is -0.493 e. The fourth-order valence-corrected chi connectivity index (χ4v) is 3.78. The topological polar surface area (TPSA) is 38.3 Å². The minimum absolute atomic E-state index is 0.0748. The van der Waals surface area contributed by atoms with E-state index in [1.54, 1.807) is 17.8 Å². The van der Waals surface area contributed by atoms with Crippen molar-refractivity contribution in [3.8, 4) is 5.75 Å². The summed E-state index contributed by atoms with van der Waals surface area (Å²) in [5.41, 5.74) is 2.04. The molecule has 1 heterocycles. The Kier molecular flexibility index (Phi) is 5.41. The number of carbonyl (C=O) groups is 1. The summed E-state index contributed by atoms with van der Waals surface area (Å²) in [4.78, 5) is 13.2. The summed E-state index contributed by atoms with van der Waals surface area (Å²) in [5, 5.41) is 3.00. The molecule has 24 heavy (non-hydrogen) atoms. The van der Waals surface area contributed by atoms with E-state index in [0.717, 1.165) is 28.4 Å². The fourth-order valence-electron chi connectivity index (χ4n) is 2.68. The molecular formula is C19H20FNO2S. The molecule has 0 radical (unpaired) electrons. The third-order valence-corrected chi connectivity index (χ3v) is 5.09. The summed E-state index contributed by atoms with van der Waals surface area (Å²) >= 11 is 1.70. The van der Waals surface area contributed by atoms with E-state index in [0.29, 0.717) is 6.61 Å². The highest BCUT2D eigenvalue weighted by Crippen LogP contribution is 2.36. The Bertz CT molecular complexity index is 718. The number of carbonyl (C=O) groups excluding carboxylic acids is 1. The number of nitrogens with one attached hydrogen (secondary N) is 1. The van der Waals surface area contributed by atoms with Crippen molar-refractivity contribution in [2.45, 2.75) is 30.7 Å². The molecule has 1 amide bonds. The van der Waals surface area contributed by atoms with E-state index < -0.39 is 0 Å². The summed E-state index contributed by atoms with van der Waals surface area (Å²) in [6, 6.07) is 12.4. The molecule has 1 aliphatic heterocycles. The lowest BCUT2D eigenvalue weighted by Gasteiger charge is -2.26. The zero-order chi connectivity index (χ0) is 16.9. The van der Waals surface area contributed by atoms with Crippen molar-refractivity contribution in [3.63, 3.8) is 0 Å². The van der Waals surface area contributed by atoms with Gasteiger partial charge in [-0.3, -0.25) is 4.79 Å². The van der Waals surface area contributed by atoms with Crippen molar-refractivity contribution in [1.29, 1.82) is 0 Å². The summed E-state index contributed by atoms with van der Waals surface area (Å²) in [6.45, 7) is 2.34. The number of hydrogen-bond donors (Lipinski definition) is 1. The predicted octanol–water partition coefficient (Wildman–Crippen LogP) is 4.26. The first-order valence-electron chi connectivity index (χ1n) is 8.03. The van der Waals surface area contributed by atoms with Gasteiger partial charge < -0.3 is 10.1 Å². The van der Waals surface area contributed by atoms with Crippen molar-refractivity contribution in [2.24, 2.45) is 0 Å². The van der Waals surface area contributed by atoms with Crippen LogP contribution in [0.5, 0.6) is 5.75 Å². The molecule has 0 aliphatic carbocycles. The molecule has 0 spiro atoms. The molecule has 3 rings (SSSR count). The number of aryl methyl sites for hydroxylation is 1. The van der Waals surface area contributed by atoms with E-state index in [1.807, 2.05) is 31.2 Å². The van der Waals surface area contributed by atoms with Crippen LogP contribution in [0.1, 0.15) is 30.0 Å². The highest BCUT2D eigenvalue weighted by atomic mass is 32.2. The van der Waals surface area contributed by atoms with Crippen molar-refractivity contribution in [2.75, 3.05) is 12.4 Å². The molecule has 0 saturated carbocycles. The quantitative estimate of drug-likeness (QED) is 0.880. The largest absolute Gasteiger partial charge is 0.493 e. The van der Waals surface area contributed by atoms with Crippen molar-refractivity contribution in [1.82, 2.24) is 5.32 Å². The highest BCUT2D eigenvalue weighted by Gasteiger charge is 2.22. The second-order valence-electron chi connectivity index (χ2n) is 5.85. The normalized spacial score (nSPS) is 16.3. The Labute approximate surface area is 145 Å². The Morgan fingerprint density at radius 2 is 2.08 bits per heavy atom. The second kappa shape index (κ2) is 7.71. The van der Waals surface area contributed by atoms with Gasteiger partial charge in [-0.1, -0.05) is 17.7 Å². The van der Waals surface area contributed by atoms with E-state index >= 15 is 0 Å². The van der Waals surface area contributed by atoms with Crippen LogP contribution in [0.25, 0.3) is 0 Å². The number of thioether (sulfide) groups is 1. The maximum absolute atomic E-state index is 13.5. The third kappa shape index (κ3) is 4.29. The van der Waals surface area contributed by atoms with Crippen molar-refractivity contribution >= 4 is 17.7 Å². The standard InChI is InChI=1S/C19H20FNO2S/c1-13-2-5-15(6-3-13)23-10-8-19(22)21-17-9-11-24-18-7-4-14(20)12-16(17)18/h2-7,12,17H,8-11H2,1H3,(H,21,22)/t17-/m1/s1. The van der Waals surface area contributed by atoms with Crippen LogP contribution in [0.4, 0.5) is 4.39 Å². The van der Waals surface area contributed by atoms with E-state index in [-0.39, 0.29) is 24.2 Å². The zero-order valence-corrected chi connectivity index (χ0v) is 14.4. The maximum Gasteiger partial charge on any atom is 0.223 e. The van der Waals surface area contributed by atoms with Gasteiger partial charge in [0.25, 0.3) is 0 Å². The summed E-state index contributed by atoms with van der Waals surface area (Å²) in [7, 11) is 0. The minimum atomic E-state index is -0.266. The number of ether oxygens (including phenoxy) is 1. The molecule has 1 aliphatic rings. The van der Waals surface area contributed by atoms with Gasteiger partial charge in [0.15, 0.2) is 0 Å². The molecule has 3 nitrogen and oxygen atoms in total. The van der Waals surface area contributed by atoms with Crippen molar-refractivity contribution < 1.29 is 13.9 Å². The molecule has 0 fully saturated rings. The molecule has 1 N–H and O–H groups in total. The molecule has 0 saturated heterocycles. The van der Waals surface area contributed by atoms with Crippen molar-refractivity contribution in [3.05, 3.63) is 59.4 Å². The maximum atomic E-state index is 13.5. The number of benzene rings is 2. The molecule has 2 aromatic rings. The molecule has 0 unspecified atom stereocenters. The van der Waals surface area contributed by atoms with E-state index in [4.69, 9.17) is 4.74 Å². The third-order valence-electron chi connectivity index (χ3n) is 3.97. The lowest BCUT2D eigenvalue weighted by atomic mass is 10.0. The molecule has 2 aromatic carbocycles. The molecule has 0 bridgehead atoms. The van der Waals surface area contributed by atoms with E-state index in [2.05, 4.69) is 5.32 Å². The van der Waals surface area contributed by atoms with Gasteiger partial charge in [-0.2, -0.15) is 0 Å². The molecule has 1 atom stereocenters. The van der Waals surface area contributed by atoms with Crippen LogP contribution in [0.2, 0.25) is 0 Å². The Hall–Kier alpha value is -2.01. The van der Waals surface area contributed by atoms with Gasteiger partial charge in [0.1, 0.15) is 11.6 Å². The molecule has 5 heteroatoms. The summed E-state index contributed by atoms with van der Waals surface area (Å²) < 4.78 is 19.1. The number of halogens is 1. The SMILES string of the molecule is Cc1ccc(OCCC(=O)N[C@@H]2CCSc3ccc(F)cc32)cc1. The average molecular weight is 345 g/mol. The van der Waals surface area contributed by atoms with E-state index in [9.17, 15) is 9.18 Å². The first kappa shape index (κ1) is 16.8. The monoisotopic (exact) mass is 345 g/mol. The Balaban J connectivity index is 1.52. The number of rotatable bonds is 5. The van der Waals surface area contributed by atoms with Gasteiger partial charge in [-0.15, -0.1) is 11.8 Å². The molecule has 126 valence electrons. The van der Waals surface area contributed by atoms with Gasteiger partial charge in [-0.25, -0.2) is 4.39 Å². The van der Waals surface area contributed by atoms with Gasteiger partial charge in [-0.05, 0) is 49.2 Å².